The van der Waals surface area contributed by atoms with Gasteiger partial charge in [-0.3, -0.25) is 5.10 Å². The highest BCUT2D eigenvalue weighted by Gasteiger charge is 2.03. The molecule has 1 heterocycles. The monoisotopic (exact) mass is 249 g/mol. The molecule has 3 heteroatoms. The van der Waals surface area contributed by atoms with Crippen LogP contribution in [-0.4, -0.2) is 10.2 Å². The predicted molar refractivity (Wildman–Crippen MR) is 77.4 cm³/mol. The van der Waals surface area contributed by atoms with E-state index in [4.69, 9.17) is 5.73 Å². The predicted octanol–water partition coefficient (Wildman–Crippen LogP) is 3.20. The van der Waals surface area contributed by atoms with Gasteiger partial charge in [-0.2, -0.15) is 5.10 Å². The highest BCUT2D eigenvalue weighted by atomic mass is 15.1. The Hall–Kier alpha value is -2.39. The first-order valence-electron chi connectivity index (χ1n) is 6.27. The average Bonchev–Trinajstić information content (AvgIpc) is 2.97. The van der Waals surface area contributed by atoms with E-state index in [1.54, 1.807) is 0 Å². The molecular formula is C16H15N3. The normalized spacial score (nSPS) is 10.6. The summed E-state index contributed by atoms with van der Waals surface area (Å²) in [7, 11) is 0. The summed E-state index contributed by atoms with van der Waals surface area (Å²) in [6, 6.07) is 20.7. The molecule has 0 saturated heterocycles. The molecule has 0 aliphatic rings. The fraction of sp³-hybridized carbons (Fsp3) is 0.0625. The number of hydrogen-bond acceptors (Lipinski definition) is 2. The molecule has 3 nitrogen and oxygen atoms in total. The molecule has 0 spiro atoms. The van der Waals surface area contributed by atoms with Crippen molar-refractivity contribution in [2.75, 3.05) is 0 Å². The van der Waals surface area contributed by atoms with Crippen molar-refractivity contribution in [2.45, 2.75) is 6.54 Å². The Balaban J connectivity index is 1.90. The Morgan fingerprint density at radius 2 is 1.47 bits per heavy atom. The molecule has 94 valence electrons. The lowest BCUT2D eigenvalue weighted by Gasteiger charge is -2.02. The lowest BCUT2D eigenvalue weighted by molar-refractivity contribution is 0.948. The van der Waals surface area contributed by atoms with Crippen molar-refractivity contribution in [3.8, 4) is 22.4 Å². The van der Waals surface area contributed by atoms with Gasteiger partial charge >= 0.3 is 0 Å². The van der Waals surface area contributed by atoms with E-state index in [0.29, 0.717) is 6.54 Å². The molecule has 0 bridgehead atoms. The quantitative estimate of drug-likeness (QED) is 0.749. The number of hydrogen-bond donors (Lipinski definition) is 2. The van der Waals surface area contributed by atoms with Crippen LogP contribution in [0.2, 0.25) is 0 Å². The second-order valence-corrected chi connectivity index (χ2v) is 4.43. The molecule has 1 aromatic heterocycles. The third-order valence-electron chi connectivity index (χ3n) is 3.14. The highest BCUT2D eigenvalue weighted by Crippen LogP contribution is 2.23. The van der Waals surface area contributed by atoms with Crippen molar-refractivity contribution < 1.29 is 0 Å². The second-order valence-electron chi connectivity index (χ2n) is 4.43. The van der Waals surface area contributed by atoms with Gasteiger partial charge in [0, 0.05) is 17.8 Å². The SMILES string of the molecule is NCc1cc(-c2ccc(-c3ccccc3)cc2)n[nH]1. The van der Waals surface area contributed by atoms with Crippen LogP contribution in [0, 0.1) is 0 Å². The zero-order chi connectivity index (χ0) is 13.1. The molecule has 0 atom stereocenters. The van der Waals surface area contributed by atoms with Gasteiger partial charge in [-0.05, 0) is 17.2 Å². The summed E-state index contributed by atoms with van der Waals surface area (Å²) in [4.78, 5) is 0. The molecule has 0 aliphatic carbocycles. The molecule has 2 aromatic carbocycles. The van der Waals surface area contributed by atoms with Crippen LogP contribution in [0.4, 0.5) is 0 Å². The molecular weight excluding hydrogens is 234 g/mol. The van der Waals surface area contributed by atoms with Crippen molar-refractivity contribution in [1.82, 2.24) is 10.2 Å². The van der Waals surface area contributed by atoms with Gasteiger partial charge in [0.05, 0.1) is 5.69 Å². The Labute approximate surface area is 112 Å². The Morgan fingerprint density at radius 1 is 0.842 bits per heavy atom. The standard InChI is InChI=1S/C16H15N3/c17-11-15-10-16(19-18-15)14-8-6-13(7-9-14)12-4-2-1-3-5-12/h1-10H,11,17H2,(H,18,19). The fourth-order valence-corrected chi connectivity index (χ4v) is 2.08. The third-order valence-corrected chi connectivity index (χ3v) is 3.14. The zero-order valence-electron chi connectivity index (χ0n) is 10.5. The van der Waals surface area contributed by atoms with E-state index in [1.807, 2.05) is 24.3 Å². The van der Waals surface area contributed by atoms with E-state index < -0.39 is 0 Å². The van der Waals surface area contributed by atoms with E-state index in [1.165, 1.54) is 11.1 Å². The van der Waals surface area contributed by atoms with Gasteiger partial charge < -0.3 is 5.73 Å². The van der Waals surface area contributed by atoms with Crippen LogP contribution in [-0.2, 0) is 6.54 Å². The summed E-state index contributed by atoms with van der Waals surface area (Å²) in [6.45, 7) is 0.481. The van der Waals surface area contributed by atoms with Crippen LogP contribution in [0.5, 0.6) is 0 Å². The van der Waals surface area contributed by atoms with E-state index in [0.717, 1.165) is 17.0 Å². The topological polar surface area (TPSA) is 54.7 Å². The van der Waals surface area contributed by atoms with Gasteiger partial charge in [-0.25, -0.2) is 0 Å². The first kappa shape index (κ1) is 11.7. The van der Waals surface area contributed by atoms with Crippen molar-refractivity contribution in [1.29, 1.82) is 0 Å². The average molecular weight is 249 g/mol. The number of nitrogens with zero attached hydrogens (tertiary/aromatic N) is 1. The fourth-order valence-electron chi connectivity index (χ4n) is 2.08. The maximum atomic E-state index is 5.57. The first-order chi connectivity index (χ1) is 9.36. The van der Waals surface area contributed by atoms with Crippen molar-refractivity contribution in [2.24, 2.45) is 5.73 Å². The summed E-state index contributed by atoms with van der Waals surface area (Å²) in [6.07, 6.45) is 0. The second kappa shape index (κ2) is 5.08. The summed E-state index contributed by atoms with van der Waals surface area (Å²) >= 11 is 0. The Kier molecular flexibility index (Phi) is 3.12. The van der Waals surface area contributed by atoms with Crippen LogP contribution in [0.3, 0.4) is 0 Å². The number of nitrogens with one attached hydrogen (secondary N) is 1. The van der Waals surface area contributed by atoms with Crippen LogP contribution < -0.4 is 5.73 Å². The van der Waals surface area contributed by atoms with E-state index >= 15 is 0 Å². The van der Waals surface area contributed by atoms with Gasteiger partial charge in [0.2, 0.25) is 0 Å². The van der Waals surface area contributed by atoms with Crippen LogP contribution in [0.25, 0.3) is 22.4 Å². The number of H-pyrrole nitrogens is 1. The summed E-state index contributed by atoms with van der Waals surface area (Å²) < 4.78 is 0. The number of aromatic amines is 1. The van der Waals surface area contributed by atoms with Crippen LogP contribution in [0.1, 0.15) is 5.69 Å². The van der Waals surface area contributed by atoms with Gasteiger partial charge in [0.15, 0.2) is 0 Å². The maximum absolute atomic E-state index is 5.57. The van der Waals surface area contributed by atoms with Gasteiger partial charge in [0.1, 0.15) is 0 Å². The highest BCUT2D eigenvalue weighted by molar-refractivity contribution is 5.68. The lowest BCUT2D eigenvalue weighted by atomic mass is 10.0. The van der Waals surface area contributed by atoms with Crippen LogP contribution >= 0.6 is 0 Å². The molecule has 3 aromatic rings. The lowest BCUT2D eigenvalue weighted by Crippen LogP contribution is -1.95. The van der Waals surface area contributed by atoms with Crippen LogP contribution in [0.15, 0.2) is 60.7 Å². The molecule has 0 aliphatic heterocycles. The van der Waals surface area contributed by atoms with Gasteiger partial charge in [-0.1, -0.05) is 54.6 Å². The Bertz CT molecular complexity index is 654. The summed E-state index contributed by atoms with van der Waals surface area (Å²) in [5.41, 5.74) is 11.0. The van der Waals surface area contributed by atoms with Gasteiger partial charge in [-0.15, -0.1) is 0 Å². The van der Waals surface area contributed by atoms with Crippen molar-refractivity contribution in [3.63, 3.8) is 0 Å². The number of nitrogens with two attached hydrogens (primary N) is 1. The summed E-state index contributed by atoms with van der Waals surface area (Å²) in [5.74, 6) is 0. The van der Waals surface area contributed by atoms with Crippen molar-refractivity contribution >= 4 is 0 Å². The molecule has 0 saturated carbocycles. The smallest absolute Gasteiger partial charge is 0.0924 e. The summed E-state index contributed by atoms with van der Waals surface area (Å²) in [5, 5.41) is 7.18. The number of rotatable bonds is 3. The molecule has 19 heavy (non-hydrogen) atoms. The molecule has 3 N–H and O–H groups in total. The van der Waals surface area contributed by atoms with E-state index in [9.17, 15) is 0 Å². The van der Waals surface area contributed by atoms with E-state index in [-0.39, 0.29) is 0 Å². The Morgan fingerprint density at radius 3 is 2.11 bits per heavy atom. The minimum atomic E-state index is 0.481. The first-order valence-corrected chi connectivity index (χ1v) is 6.27. The zero-order valence-corrected chi connectivity index (χ0v) is 10.5. The molecule has 0 radical (unpaired) electrons. The third kappa shape index (κ3) is 2.41. The largest absolute Gasteiger partial charge is 0.325 e. The molecule has 0 fully saturated rings. The molecule has 0 amide bonds. The molecule has 0 unspecified atom stereocenters. The van der Waals surface area contributed by atoms with Crippen molar-refractivity contribution in [3.05, 3.63) is 66.4 Å². The number of benzene rings is 2. The minimum Gasteiger partial charge on any atom is -0.325 e. The minimum absolute atomic E-state index is 0.481. The maximum Gasteiger partial charge on any atom is 0.0924 e. The number of aromatic nitrogens is 2. The van der Waals surface area contributed by atoms with E-state index in [2.05, 4.69) is 46.6 Å². The van der Waals surface area contributed by atoms with Gasteiger partial charge in [0.25, 0.3) is 0 Å². The molecule has 3 rings (SSSR count).